The molecule has 1 saturated heterocycles. The molecule has 0 N–H and O–H groups in total. The molecule has 2 unspecified atom stereocenters. The Kier molecular flexibility index (Phi) is 2.18. The molecular formula is C6H10BrClN2O2. The Balaban J connectivity index is 3.12. The zero-order valence-electron chi connectivity index (χ0n) is 7.04. The van der Waals surface area contributed by atoms with E-state index in [-0.39, 0.29) is 9.70 Å². The normalized spacial score (nSPS) is 40.7. The van der Waals surface area contributed by atoms with Crippen molar-refractivity contribution in [3.63, 3.8) is 0 Å². The lowest BCUT2D eigenvalue weighted by Gasteiger charge is -2.29. The van der Waals surface area contributed by atoms with E-state index in [0.717, 1.165) is 0 Å². The Bertz CT molecular complexity index is 232. The summed E-state index contributed by atoms with van der Waals surface area (Å²) >= 11 is 9.12. The van der Waals surface area contributed by atoms with E-state index in [0.29, 0.717) is 5.17 Å². The number of hydrazine groups is 1. The van der Waals surface area contributed by atoms with Crippen LogP contribution >= 0.6 is 27.5 Å². The molecule has 0 saturated carbocycles. The van der Waals surface area contributed by atoms with Crippen LogP contribution in [-0.2, 0) is 0 Å². The summed E-state index contributed by atoms with van der Waals surface area (Å²) in [7, 11) is 0. The number of alkyl halides is 2. The number of nitrogens with zero attached hydrogens (tertiary/aromatic N) is 2. The molecule has 0 bridgehead atoms. The van der Waals surface area contributed by atoms with Gasteiger partial charge < -0.3 is 5.21 Å². The molecule has 1 heterocycles. The molecule has 0 aromatic rings. The predicted octanol–water partition coefficient (Wildman–Crippen LogP) is 1.99. The van der Waals surface area contributed by atoms with Crippen LogP contribution in [0.1, 0.15) is 20.8 Å². The number of hydrogen-bond donors (Lipinski definition) is 0. The molecule has 6 heteroatoms. The molecule has 4 nitrogen and oxygen atoms in total. The zero-order valence-corrected chi connectivity index (χ0v) is 9.39. The lowest BCUT2D eigenvalue weighted by molar-refractivity contribution is -0.716. The van der Waals surface area contributed by atoms with Gasteiger partial charge in [-0.3, -0.25) is 0 Å². The fraction of sp³-hybridized carbons (Fsp3) is 1.00. The van der Waals surface area contributed by atoms with Crippen molar-refractivity contribution in [1.82, 2.24) is 5.17 Å². The van der Waals surface area contributed by atoms with Gasteiger partial charge in [-0.1, -0.05) is 15.9 Å². The van der Waals surface area contributed by atoms with Gasteiger partial charge in [0.25, 0.3) is 0 Å². The van der Waals surface area contributed by atoms with Crippen LogP contribution in [-0.4, -0.2) is 25.4 Å². The van der Waals surface area contributed by atoms with E-state index in [9.17, 15) is 10.1 Å². The second-order valence-corrected chi connectivity index (χ2v) is 5.27. The summed E-state index contributed by atoms with van der Waals surface area (Å²) in [6, 6.07) is 0. The van der Waals surface area contributed by atoms with Crippen molar-refractivity contribution in [2.24, 2.45) is 0 Å². The minimum absolute atomic E-state index is 0.258. The van der Waals surface area contributed by atoms with Crippen LogP contribution < -0.4 is 0 Å². The van der Waals surface area contributed by atoms with Gasteiger partial charge in [-0.05, 0) is 25.4 Å². The van der Waals surface area contributed by atoms with Crippen molar-refractivity contribution < 1.29 is 4.87 Å². The lowest BCUT2D eigenvalue weighted by atomic mass is 9.99. The van der Waals surface area contributed by atoms with Crippen LogP contribution in [0.25, 0.3) is 0 Å². The topological polar surface area (TPSA) is 46.4 Å². The van der Waals surface area contributed by atoms with E-state index in [1.807, 2.05) is 0 Å². The summed E-state index contributed by atoms with van der Waals surface area (Å²) in [4.78, 5) is 9.91. The second kappa shape index (κ2) is 2.56. The first-order chi connectivity index (χ1) is 5.22. The minimum atomic E-state index is -1.20. The van der Waals surface area contributed by atoms with Crippen LogP contribution in [0.3, 0.4) is 0 Å². The maximum absolute atomic E-state index is 11.3. The predicted molar refractivity (Wildman–Crippen MR) is 49.9 cm³/mol. The highest BCUT2D eigenvalue weighted by molar-refractivity contribution is 9.09. The smallest absolute Gasteiger partial charge is 0.327 e. The highest BCUT2D eigenvalue weighted by Crippen LogP contribution is 2.44. The van der Waals surface area contributed by atoms with Crippen LogP contribution in [0.5, 0.6) is 0 Å². The summed E-state index contributed by atoms with van der Waals surface area (Å²) in [5.74, 6) is 0. The molecule has 1 rings (SSSR count). The van der Waals surface area contributed by atoms with Crippen molar-refractivity contribution in [3.8, 4) is 0 Å². The third-order valence-corrected chi connectivity index (χ3v) is 4.75. The van der Waals surface area contributed by atoms with Gasteiger partial charge in [0.05, 0.1) is 4.91 Å². The van der Waals surface area contributed by atoms with E-state index in [2.05, 4.69) is 15.9 Å². The van der Waals surface area contributed by atoms with Gasteiger partial charge in [0.15, 0.2) is 0 Å². The SMILES string of the molecule is CC1(C)C(Br)C(C)(Cl)[N+](=O)N1[O-]. The summed E-state index contributed by atoms with van der Waals surface area (Å²) < 4.78 is 0. The molecule has 0 aromatic carbocycles. The van der Waals surface area contributed by atoms with Gasteiger partial charge in [0, 0.05) is 6.92 Å². The third-order valence-electron chi connectivity index (χ3n) is 2.11. The maximum atomic E-state index is 11.3. The Morgan fingerprint density at radius 3 is 2.08 bits per heavy atom. The Labute approximate surface area is 84.1 Å². The molecule has 12 heavy (non-hydrogen) atoms. The van der Waals surface area contributed by atoms with E-state index < -0.39 is 10.5 Å². The fourth-order valence-electron chi connectivity index (χ4n) is 1.25. The third kappa shape index (κ3) is 1.07. The van der Waals surface area contributed by atoms with Crippen molar-refractivity contribution in [1.29, 1.82) is 0 Å². The number of hydroxylamine groups is 1. The molecular weight excluding hydrogens is 247 g/mol. The molecule has 70 valence electrons. The molecule has 1 aliphatic rings. The number of hydrogen-bond acceptors (Lipinski definition) is 2. The number of rotatable bonds is 0. The molecule has 2 atom stereocenters. The van der Waals surface area contributed by atoms with E-state index in [4.69, 9.17) is 11.6 Å². The standard InChI is InChI=1S/C6H10BrClN2O2/c1-5(2)4(7)6(3,8)10(12)9(5)11/h4H,1-3H3. The first kappa shape index (κ1) is 10.2. The Morgan fingerprint density at radius 1 is 1.58 bits per heavy atom. The molecule has 1 aliphatic heterocycles. The van der Waals surface area contributed by atoms with Gasteiger partial charge >= 0.3 is 5.00 Å². The van der Waals surface area contributed by atoms with Gasteiger partial charge in [-0.25, -0.2) is 0 Å². The van der Waals surface area contributed by atoms with E-state index >= 15 is 0 Å². The monoisotopic (exact) mass is 256 g/mol. The van der Waals surface area contributed by atoms with Gasteiger partial charge in [-0.2, -0.15) is 5.17 Å². The summed E-state index contributed by atoms with van der Waals surface area (Å²) in [6.07, 6.45) is 0. The molecule has 1 fully saturated rings. The molecule has 0 amide bonds. The highest BCUT2D eigenvalue weighted by Gasteiger charge is 2.64. The number of halogens is 2. The Morgan fingerprint density at radius 2 is 2.00 bits per heavy atom. The molecule has 0 aromatic heterocycles. The van der Waals surface area contributed by atoms with Crippen molar-refractivity contribution in [2.75, 3.05) is 0 Å². The van der Waals surface area contributed by atoms with Gasteiger partial charge in [0.1, 0.15) is 15.2 Å². The summed E-state index contributed by atoms with van der Waals surface area (Å²) in [5, 5.41) is 11.6. The zero-order chi connectivity index (χ0) is 9.73. The minimum Gasteiger partial charge on any atom is -0.704 e. The van der Waals surface area contributed by atoms with E-state index in [1.165, 1.54) is 6.92 Å². The largest absolute Gasteiger partial charge is 0.704 e. The van der Waals surface area contributed by atoms with Crippen LogP contribution in [0.2, 0.25) is 0 Å². The molecule has 0 spiro atoms. The fourth-order valence-corrected chi connectivity index (χ4v) is 1.94. The number of nitroso groups, excluding NO2 is 1. The van der Waals surface area contributed by atoms with Crippen molar-refractivity contribution >= 4 is 27.5 Å². The van der Waals surface area contributed by atoms with Crippen molar-refractivity contribution in [3.05, 3.63) is 10.1 Å². The first-order valence-corrected chi connectivity index (χ1v) is 4.79. The highest BCUT2D eigenvalue weighted by atomic mass is 79.9. The summed E-state index contributed by atoms with van der Waals surface area (Å²) in [6.45, 7) is 4.84. The first-order valence-electron chi connectivity index (χ1n) is 3.50. The molecule has 0 aliphatic carbocycles. The quantitative estimate of drug-likeness (QED) is 0.379. The average molecular weight is 258 g/mol. The summed E-state index contributed by atoms with van der Waals surface area (Å²) in [5.41, 5.74) is -0.807. The van der Waals surface area contributed by atoms with Crippen LogP contribution in [0.15, 0.2) is 0 Å². The Hall–Kier alpha value is 0.130. The van der Waals surface area contributed by atoms with E-state index in [1.54, 1.807) is 13.8 Å². The average Bonchev–Trinajstić information content (AvgIpc) is 2.06. The van der Waals surface area contributed by atoms with Gasteiger partial charge in [0.2, 0.25) is 0 Å². The van der Waals surface area contributed by atoms with Gasteiger partial charge in [-0.15, -0.1) is 0 Å². The van der Waals surface area contributed by atoms with Crippen molar-refractivity contribution in [2.45, 2.75) is 36.1 Å². The van der Waals surface area contributed by atoms with Crippen LogP contribution in [0.4, 0.5) is 0 Å². The lowest BCUT2D eigenvalue weighted by Crippen LogP contribution is -2.41. The van der Waals surface area contributed by atoms with Crippen LogP contribution in [0, 0.1) is 10.1 Å². The molecule has 0 radical (unpaired) electrons. The second-order valence-electron chi connectivity index (χ2n) is 3.59. The maximum Gasteiger partial charge on any atom is 0.327 e.